The van der Waals surface area contributed by atoms with Crippen molar-refractivity contribution in [3.63, 3.8) is 0 Å². The van der Waals surface area contributed by atoms with Crippen molar-refractivity contribution in [3.8, 4) is 0 Å². The molecule has 1 aromatic heterocycles. The molecule has 0 bridgehead atoms. The number of amides is 1. The number of hydrogen-bond acceptors (Lipinski definition) is 3. The van der Waals surface area contributed by atoms with Gasteiger partial charge in [-0.05, 0) is 45.1 Å². The van der Waals surface area contributed by atoms with E-state index >= 15 is 0 Å². The van der Waals surface area contributed by atoms with Crippen molar-refractivity contribution in [3.05, 3.63) is 29.6 Å². The summed E-state index contributed by atoms with van der Waals surface area (Å²) >= 11 is 0. The van der Waals surface area contributed by atoms with Gasteiger partial charge in [-0.25, -0.2) is 0 Å². The minimum Gasteiger partial charge on any atom is -0.337 e. The predicted octanol–water partition coefficient (Wildman–Crippen LogP) is 3.53. The van der Waals surface area contributed by atoms with Gasteiger partial charge in [0.1, 0.15) is 0 Å². The molecule has 27 heavy (non-hydrogen) atoms. The lowest BCUT2D eigenvalue weighted by atomic mass is 9.90. The second kappa shape index (κ2) is 9.05. The first-order chi connectivity index (χ1) is 13.0. The van der Waals surface area contributed by atoms with Crippen molar-refractivity contribution in [1.29, 1.82) is 0 Å². The second-order valence-electron chi connectivity index (χ2n) is 8.68. The average Bonchev–Trinajstić information content (AvgIpc) is 2.82. The van der Waals surface area contributed by atoms with Crippen molar-refractivity contribution in [1.82, 2.24) is 19.6 Å². The lowest BCUT2D eigenvalue weighted by molar-refractivity contribution is 0.0753. The summed E-state index contributed by atoms with van der Waals surface area (Å²) in [4.78, 5) is 17.8. The molecule has 0 saturated carbocycles. The molecule has 1 unspecified atom stereocenters. The van der Waals surface area contributed by atoms with Gasteiger partial charge in [0, 0.05) is 36.9 Å². The maximum Gasteiger partial charge on any atom is 0.274 e. The van der Waals surface area contributed by atoms with Crippen molar-refractivity contribution in [2.75, 3.05) is 26.7 Å². The Morgan fingerprint density at radius 1 is 1.30 bits per heavy atom. The van der Waals surface area contributed by atoms with Crippen LogP contribution in [0.5, 0.6) is 0 Å². The third-order valence-electron chi connectivity index (χ3n) is 5.99. The van der Waals surface area contributed by atoms with E-state index in [-0.39, 0.29) is 5.91 Å². The summed E-state index contributed by atoms with van der Waals surface area (Å²) in [5.41, 5.74) is 3.15. The van der Waals surface area contributed by atoms with Crippen LogP contribution in [-0.2, 0) is 19.4 Å². The Kier molecular flexibility index (Phi) is 6.74. The Hall–Kier alpha value is -1.62. The van der Waals surface area contributed by atoms with Crippen molar-refractivity contribution in [2.24, 2.45) is 5.92 Å². The van der Waals surface area contributed by atoms with Crippen LogP contribution in [0.1, 0.15) is 67.7 Å². The molecule has 1 amide bonds. The van der Waals surface area contributed by atoms with E-state index in [2.05, 4.69) is 32.4 Å². The highest BCUT2D eigenvalue weighted by Gasteiger charge is 2.32. The number of rotatable bonds is 6. The van der Waals surface area contributed by atoms with E-state index in [1.807, 2.05) is 15.7 Å². The Bertz CT molecular complexity index is 656. The summed E-state index contributed by atoms with van der Waals surface area (Å²) in [5.74, 6) is 0.793. The van der Waals surface area contributed by atoms with E-state index in [1.165, 1.54) is 24.1 Å². The van der Waals surface area contributed by atoms with Gasteiger partial charge in [-0.3, -0.25) is 9.48 Å². The first-order valence-corrected chi connectivity index (χ1v) is 10.7. The van der Waals surface area contributed by atoms with Crippen LogP contribution in [0.15, 0.2) is 12.7 Å². The van der Waals surface area contributed by atoms with Gasteiger partial charge in [0.2, 0.25) is 0 Å². The van der Waals surface area contributed by atoms with Gasteiger partial charge < -0.3 is 9.80 Å². The molecule has 1 aromatic rings. The van der Waals surface area contributed by atoms with Crippen LogP contribution in [0.4, 0.5) is 0 Å². The van der Waals surface area contributed by atoms with E-state index in [9.17, 15) is 4.79 Å². The molecule has 5 heteroatoms. The predicted molar refractivity (Wildman–Crippen MR) is 110 cm³/mol. The number of aromatic nitrogens is 2. The van der Waals surface area contributed by atoms with Gasteiger partial charge in [-0.1, -0.05) is 32.8 Å². The smallest absolute Gasteiger partial charge is 0.274 e. The van der Waals surface area contributed by atoms with E-state index in [4.69, 9.17) is 5.10 Å². The van der Waals surface area contributed by atoms with Gasteiger partial charge >= 0.3 is 0 Å². The van der Waals surface area contributed by atoms with Gasteiger partial charge in [0.25, 0.3) is 5.91 Å². The van der Waals surface area contributed by atoms with E-state index in [0.717, 1.165) is 51.7 Å². The first-order valence-electron chi connectivity index (χ1n) is 10.7. The first kappa shape index (κ1) is 20.1. The fraction of sp³-hybridized carbons (Fsp3) is 0.727. The molecule has 0 aromatic carbocycles. The molecule has 0 radical (unpaired) electrons. The summed E-state index contributed by atoms with van der Waals surface area (Å²) < 4.78 is 2.02. The molecule has 3 rings (SSSR count). The Morgan fingerprint density at radius 3 is 2.63 bits per heavy atom. The lowest BCUT2D eigenvalue weighted by Gasteiger charge is -2.33. The van der Waals surface area contributed by atoms with Crippen molar-refractivity contribution < 1.29 is 4.79 Å². The van der Waals surface area contributed by atoms with Crippen LogP contribution in [-0.4, -0.2) is 58.2 Å². The number of likely N-dealkylation sites (N-methyl/N-ethyl adjacent to an activating group) is 1. The molecule has 1 aliphatic carbocycles. The standard InChI is InChI=1S/C22H36N4O/c1-5-12-26-20-11-10-18(24(4)16-17(2)3)15-19(20)21(23-26)22(27)25-13-8-6-7-9-14-25/h5,17-18H,1,6-16H2,2-4H3. The molecule has 2 aliphatic rings. The van der Waals surface area contributed by atoms with Crippen molar-refractivity contribution >= 4 is 5.91 Å². The average molecular weight is 373 g/mol. The minimum atomic E-state index is 0.142. The number of hydrogen-bond donors (Lipinski definition) is 0. The summed E-state index contributed by atoms with van der Waals surface area (Å²) in [6.45, 7) is 11.9. The SMILES string of the molecule is C=CCn1nc(C(=O)N2CCCCCC2)c2c1CCC(N(C)CC(C)C)C2. The van der Waals surface area contributed by atoms with Gasteiger partial charge in [0.15, 0.2) is 5.69 Å². The summed E-state index contributed by atoms with van der Waals surface area (Å²) in [5, 5.41) is 4.78. The van der Waals surface area contributed by atoms with Gasteiger partial charge in [-0.2, -0.15) is 5.10 Å². The normalized spacial score (nSPS) is 20.6. The maximum atomic E-state index is 13.3. The number of nitrogens with zero attached hydrogens (tertiary/aromatic N) is 4. The van der Waals surface area contributed by atoms with Crippen LogP contribution in [0.3, 0.4) is 0 Å². The van der Waals surface area contributed by atoms with Crippen LogP contribution in [0.25, 0.3) is 0 Å². The molecule has 1 atom stereocenters. The fourth-order valence-corrected chi connectivity index (χ4v) is 4.64. The zero-order chi connectivity index (χ0) is 19.4. The number of fused-ring (bicyclic) bond motifs is 1. The largest absolute Gasteiger partial charge is 0.337 e. The lowest BCUT2D eigenvalue weighted by Crippen LogP contribution is -2.39. The molecule has 2 heterocycles. The molecule has 1 fully saturated rings. The molecule has 0 N–H and O–H groups in total. The quantitative estimate of drug-likeness (QED) is 0.717. The fourth-order valence-electron chi connectivity index (χ4n) is 4.64. The van der Waals surface area contributed by atoms with Crippen molar-refractivity contribution in [2.45, 2.75) is 71.4 Å². The van der Waals surface area contributed by atoms with Crippen LogP contribution in [0, 0.1) is 5.92 Å². The highest BCUT2D eigenvalue weighted by Crippen LogP contribution is 2.29. The Morgan fingerprint density at radius 2 is 2.00 bits per heavy atom. The molecule has 1 aliphatic heterocycles. The van der Waals surface area contributed by atoms with E-state index in [1.54, 1.807) is 0 Å². The molecule has 1 saturated heterocycles. The zero-order valence-corrected chi connectivity index (χ0v) is 17.4. The Balaban J connectivity index is 1.86. The topological polar surface area (TPSA) is 41.4 Å². The molecular formula is C22H36N4O. The van der Waals surface area contributed by atoms with Crippen LogP contribution < -0.4 is 0 Å². The van der Waals surface area contributed by atoms with E-state index in [0.29, 0.717) is 24.2 Å². The van der Waals surface area contributed by atoms with Crippen LogP contribution in [0.2, 0.25) is 0 Å². The number of carbonyl (C=O) groups excluding carboxylic acids is 1. The third kappa shape index (κ3) is 4.63. The molecule has 5 nitrogen and oxygen atoms in total. The van der Waals surface area contributed by atoms with Gasteiger partial charge in [-0.15, -0.1) is 6.58 Å². The molecule has 0 spiro atoms. The zero-order valence-electron chi connectivity index (χ0n) is 17.4. The number of carbonyl (C=O) groups is 1. The third-order valence-corrected chi connectivity index (χ3v) is 5.99. The minimum absolute atomic E-state index is 0.142. The summed E-state index contributed by atoms with van der Waals surface area (Å²) in [6, 6.07) is 0.497. The molecular weight excluding hydrogens is 336 g/mol. The highest BCUT2D eigenvalue weighted by molar-refractivity contribution is 5.94. The second-order valence-corrected chi connectivity index (χ2v) is 8.68. The number of allylic oxidation sites excluding steroid dienone is 1. The maximum absolute atomic E-state index is 13.3. The Labute approximate surface area is 164 Å². The highest BCUT2D eigenvalue weighted by atomic mass is 16.2. The molecule has 150 valence electrons. The van der Waals surface area contributed by atoms with Crippen LogP contribution >= 0.6 is 0 Å². The monoisotopic (exact) mass is 372 g/mol. The summed E-state index contributed by atoms with van der Waals surface area (Å²) in [7, 11) is 2.22. The van der Waals surface area contributed by atoms with E-state index < -0.39 is 0 Å². The van der Waals surface area contributed by atoms with Gasteiger partial charge in [0.05, 0.1) is 6.54 Å². The number of likely N-dealkylation sites (tertiary alicyclic amines) is 1. The summed E-state index contributed by atoms with van der Waals surface area (Å²) in [6.07, 6.45) is 9.63.